The Kier molecular flexibility index (Phi) is 5.43. The summed E-state index contributed by atoms with van der Waals surface area (Å²) in [5, 5.41) is 10.4. The Morgan fingerprint density at radius 1 is 1.04 bits per heavy atom. The van der Waals surface area contributed by atoms with E-state index in [1.807, 2.05) is 4.90 Å². The third-order valence-electron chi connectivity index (χ3n) is 4.99. The van der Waals surface area contributed by atoms with Crippen molar-refractivity contribution < 1.29 is 9.90 Å². The minimum Gasteiger partial charge on any atom is -0.383 e. The molecule has 23 heavy (non-hydrogen) atoms. The number of rotatable bonds is 3. The minimum atomic E-state index is -0.824. The van der Waals surface area contributed by atoms with E-state index in [1.54, 1.807) is 18.5 Å². The maximum atomic E-state index is 12.6. The predicted molar refractivity (Wildman–Crippen MR) is 88.0 cm³/mol. The van der Waals surface area contributed by atoms with Crippen molar-refractivity contribution in [2.75, 3.05) is 31.1 Å². The fraction of sp³-hybridized carbons (Fsp3) is 0.706. The molecule has 6 nitrogen and oxygen atoms in total. The molecule has 1 aromatic heterocycles. The first-order valence-electron chi connectivity index (χ1n) is 8.74. The molecule has 0 aromatic carbocycles. The number of aliphatic hydroxyl groups is 1. The molecule has 0 spiro atoms. The van der Waals surface area contributed by atoms with Gasteiger partial charge in [-0.3, -0.25) is 4.79 Å². The largest absolute Gasteiger partial charge is 0.383 e. The quantitative estimate of drug-likeness (QED) is 0.913. The molecular weight excluding hydrogens is 292 g/mol. The second-order valence-corrected chi connectivity index (χ2v) is 6.56. The highest BCUT2D eigenvalue weighted by molar-refractivity contribution is 5.81. The topological polar surface area (TPSA) is 69.6 Å². The van der Waals surface area contributed by atoms with E-state index in [4.69, 9.17) is 0 Å². The zero-order valence-corrected chi connectivity index (χ0v) is 13.6. The molecule has 1 aliphatic carbocycles. The number of aromatic nitrogens is 2. The molecule has 1 amide bonds. The van der Waals surface area contributed by atoms with Gasteiger partial charge in [-0.1, -0.05) is 19.3 Å². The highest BCUT2D eigenvalue weighted by Crippen LogP contribution is 2.27. The number of hydrogen-bond acceptors (Lipinski definition) is 5. The number of nitrogens with zero attached hydrogens (tertiary/aromatic N) is 4. The van der Waals surface area contributed by atoms with Crippen molar-refractivity contribution in [3.8, 4) is 0 Å². The first-order chi connectivity index (χ1) is 11.3. The molecule has 0 unspecified atom stereocenters. The Balaban J connectivity index is 1.57. The second kappa shape index (κ2) is 7.73. The van der Waals surface area contributed by atoms with Crippen LogP contribution in [-0.4, -0.2) is 58.2 Å². The first kappa shape index (κ1) is 16.2. The summed E-state index contributed by atoms with van der Waals surface area (Å²) >= 11 is 0. The van der Waals surface area contributed by atoms with Gasteiger partial charge in [-0.05, 0) is 31.2 Å². The van der Waals surface area contributed by atoms with Crippen molar-refractivity contribution in [3.05, 3.63) is 18.5 Å². The van der Waals surface area contributed by atoms with Crippen molar-refractivity contribution in [3.63, 3.8) is 0 Å². The van der Waals surface area contributed by atoms with Gasteiger partial charge in [0.15, 0.2) is 0 Å². The van der Waals surface area contributed by atoms with Gasteiger partial charge in [-0.25, -0.2) is 9.97 Å². The van der Waals surface area contributed by atoms with Crippen LogP contribution < -0.4 is 4.90 Å². The number of aliphatic hydroxyl groups excluding tert-OH is 1. The maximum absolute atomic E-state index is 12.6. The molecule has 1 aliphatic heterocycles. The normalized spacial score (nSPS) is 21.8. The average molecular weight is 318 g/mol. The number of carbonyl (C=O) groups is 1. The predicted octanol–water partition coefficient (Wildman–Crippen LogP) is 1.46. The number of hydrogen-bond donors (Lipinski definition) is 1. The van der Waals surface area contributed by atoms with Crippen LogP contribution >= 0.6 is 0 Å². The molecule has 0 bridgehead atoms. The van der Waals surface area contributed by atoms with Crippen molar-refractivity contribution in [1.29, 1.82) is 0 Å². The van der Waals surface area contributed by atoms with Gasteiger partial charge in [0.05, 0.1) is 0 Å². The lowest BCUT2D eigenvalue weighted by molar-refractivity contribution is -0.143. The van der Waals surface area contributed by atoms with Gasteiger partial charge < -0.3 is 14.9 Å². The second-order valence-electron chi connectivity index (χ2n) is 6.56. The van der Waals surface area contributed by atoms with Crippen LogP contribution in [0, 0.1) is 5.92 Å². The van der Waals surface area contributed by atoms with Crippen LogP contribution in [-0.2, 0) is 4.79 Å². The lowest BCUT2D eigenvalue weighted by Gasteiger charge is -2.30. The number of anilines is 1. The zero-order chi connectivity index (χ0) is 16.1. The molecule has 2 fully saturated rings. The Labute approximate surface area is 137 Å². The molecule has 2 heterocycles. The monoisotopic (exact) mass is 318 g/mol. The van der Waals surface area contributed by atoms with Crippen LogP contribution in [0.4, 0.5) is 5.95 Å². The van der Waals surface area contributed by atoms with Gasteiger partial charge in [-0.15, -0.1) is 0 Å². The third-order valence-corrected chi connectivity index (χ3v) is 4.99. The van der Waals surface area contributed by atoms with Gasteiger partial charge in [0, 0.05) is 38.6 Å². The average Bonchev–Trinajstić information content (AvgIpc) is 2.88. The minimum absolute atomic E-state index is 0.0901. The fourth-order valence-electron chi connectivity index (χ4n) is 3.63. The molecule has 0 radical (unpaired) electrons. The lowest BCUT2D eigenvalue weighted by Crippen LogP contribution is -2.44. The Morgan fingerprint density at radius 2 is 1.78 bits per heavy atom. The Bertz CT molecular complexity index is 505. The summed E-state index contributed by atoms with van der Waals surface area (Å²) < 4.78 is 0. The first-order valence-corrected chi connectivity index (χ1v) is 8.74. The van der Waals surface area contributed by atoms with E-state index in [9.17, 15) is 9.90 Å². The summed E-state index contributed by atoms with van der Waals surface area (Å²) in [6, 6.07) is 1.80. The summed E-state index contributed by atoms with van der Waals surface area (Å²) in [4.78, 5) is 25.1. The Hall–Kier alpha value is -1.69. The lowest BCUT2D eigenvalue weighted by atomic mass is 9.85. The van der Waals surface area contributed by atoms with E-state index < -0.39 is 6.10 Å². The van der Waals surface area contributed by atoms with Crippen molar-refractivity contribution >= 4 is 11.9 Å². The van der Waals surface area contributed by atoms with E-state index in [1.165, 1.54) is 6.42 Å². The molecule has 6 heteroatoms. The third kappa shape index (κ3) is 3.99. The number of carbonyl (C=O) groups excluding carboxylic acids is 1. The molecular formula is C17H26N4O2. The molecule has 1 atom stereocenters. The fourth-order valence-corrected chi connectivity index (χ4v) is 3.63. The smallest absolute Gasteiger partial charge is 0.251 e. The van der Waals surface area contributed by atoms with Gasteiger partial charge in [0.25, 0.3) is 5.91 Å². The van der Waals surface area contributed by atoms with E-state index >= 15 is 0 Å². The molecule has 126 valence electrons. The van der Waals surface area contributed by atoms with Gasteiger partial charge in [-0.2, -0.15) is 0 Å². The summed E-state index contributed by atoms with van der Waals surface area (Å²) in [6.45, 7) is 2.88. The molecule has 1 aromatic rings. The van der Waals surface area contributed by atoms with Crippen molar-refractivity contribution in [2.24, 2.45) is 5.92 Å². The molecule has 2 aliphatic rings. The molecule has 1 saturated heterocycles. The zero-order valence-electron chi connectivity index (χ0n) is 13.6. The Morgan fingerprint density at radius 3 is 2.52 bits per heavy atom. The highest BCUT2D eigenvalue weighted by atomic mass is 16.3. The van der Waals surface area contributed by atoms with Crippen LogP contribution in [0.15, 0.2) is 18.5 Å². The standard InChI is InChI=1S/C17H26N4O2/c22-15(14-6-2-1-3-7-14)16(23)20-10-5-11-21(13-12-20)17-18-8-4-9-19-17/h4,8-9,14-15,22H,1-3,5-7,10-13H2/t15-/m1/s1. The summed E-state index contributed by atoms with van der Waals surface area (Å²) in [5.41, 5.74) is 0. The SMILES string of the molecule is O=C([C@H](O)C1CCCCC1)N1CCCN(c2ncccn2)CC1. The maximum Gasteiger partial charge on any atom is 0.251 e. The molecule has 3 rings (SSSR count). The van der Waals surface area contributed by atoms with E-state index in [2.05, 4.69) is 14.9 Å². The summed E-state index contributed by atoms with van der Waals surface area (Å²) in [6.07, 6.45) is 8.98. The highest BCUT2D eigenvalue weighted by Gasteiger charge is 2.31. The number of amides is 1. The van der Waals surface area contributed by atoms with Gasteiger partial charge >= 0.3 is 0 Å². The van der Waals surface area contributed by atoms with Crippen molar-refractivity contribution in [2.45, 2.75) is 44.6 Å². The van der Waals surface area contributed by atoms with E-state index in [-0.39, 0.29) is 11.8 Å². The van der Waals surface area contributed by atoms with Gasteiger partial charge in [0.1, 0.15) is 6.10 Å². The van der Waals surface area contributed by atoms with Crippen molar-refractivity contribution in [1.82, 2.24) is 14.9 Å². The van der Waals surface area contributed by atoms with E-state index in [0.29, 0.717) is 19.6 Å². The van der Waals surface area contributed by atoms with E-state index in [0.717, 1.165) is 44.6 Å². The molecule has 1 N–H and O–H groups in total. The van der Waals surface area contributed by atoms with Crippen LogP contribution in [0.25, 0.3) is 0 Å². The van der Waals surface area contributed by atoms with Crippen LogP contribution in [0.5, 0.6) is 0 Å². The van der Waals surface area contributed by atoms with Crippen LogP contribution in [0.1, 0.15) is 38.5 Å². The van der Waals surface area contributed by atoms with Gasteiger partial charge in [0.2, 0.25) is 5.95 Å². The summed E-state index contributed by atoms with van der Waals surface area (Å²) in [7, 11) is 0. The molecule has 1 saturated carbocycles. The summed E-state index contributed by atoms with van der Waals surface area (Å²) in [5.74, 6) is 0.774. The van der Waals surface area contributed by atoms with Crippen LogP contribution in [0.2, 0.25) is 0 Å². The van der Waals surface area contributed by atoms with Crippen LogP contribution in [0.3, 0.4) is 0 Å².